The number of rotatable bonds is 4. The van der Waals surface area contributed by atoms with E-state index in [1.165, 1.54) is 0 Å². The lowest BCUT2D eigenvalue weighted by molar-refractivity contribution is -0.132. The van der Waals surface area contributed by atoms with Crippen molar-refractivity contribution in [3.05, 3.63) is 34.9 Å². The van der Waals surface area contributed by atoms with Crippen LogP contribution in [-0.2, 0) is 9.53 Å². The fraction of sp³-hybridized carbons (Fsp3) is 0.462. The summed E-state index contributed by atoms with van der Waals surface area (Å²) in [6, 6.07) is 7.44. The predicted octanol–water partition coefficient (Wildman–Crippen LogP) is 2.65. The molecule has 3 nitrogen and oxygen atoms in total. The number of epoxide rings is 1. The molecule has 1 amide bonds. The molecule has 0 saturated carbocycles. The maximum Gasteiger partial charge on any atom is 0.254 e. The highest BCUT2D eigenvalue weighted by Crippen LogP contribution is 2.40. The van der Waals surface area contributed by atoms with Gasteiger partial charge in [0.15, 0.2) is 6.10 Å². The average Bonchev–Trinajstić information content (AvgIpc) is 3.11. The molecule has 1 fully saturated rings. The van der Waals surface area contributed by atoms with Crippen LogP contribution in [0.3, 0.4) is 0 Å². The fourth-order valence-corrected chi connectivity index (χ4v) is 2.05. The number of hydrogen-bond acceptors (Lipinski definition) is 2. The SMILES string of the molecule is CCN(CC)C(=O)[C@H]1O[C@H]1c1ccc(Cl)cc1. The van der Waals surface area contributed by atoms with Crippen molar-refractivity contribution >= 4 is 17.5 Å². The van der Waals surface area contributed by atoms with E-state index in [-0.39, 0.29) is 18.1 Å². The smallest absolute Gasteiger partial charge is 0.254 e. The summed E-state index contributed by atoms with van der Waals surface area (Å²) in [7, 11) is 0. The molecule has 17 heavy (non-hydrogen) atoms. The molecule has 0 spiro atoms. The third-order valence-corrected chi connectivity index (χ3v) is 3.26. The van der Waals surface area contributed by atoms with Crippen molar-refractivity contribution in [2.45, 2.75) is 26.1 Å². The summed E-state index contributed by atoms with van der Waals surface area (Å²) in [5.41, 5.74) is 1.01. The first-order valence-corrected chi connectivity index (χ1v) is 6.24. The number of halogens is 1. The molecule has 1 aromatic carbocycles. The highest BCUT2D eigenvalue weighted by atomic mass is 35.5. The number of likely N-dealkylation sites (N-methyl/N-ethyl adjacent to an activating group) is 1. The summed E-state index contributed by atoms with van der Waals surface area (Å²) in [5.74, 6) is 0.0787. The van der Waals surface area contributed by atoms with E-state index < -0.39 is 0 Å². The Bertz CT molecular complexity index is 400. The first-order chi connectivity index (χ1) is 8.17. The van der Waals surface area contributed by atoms with Gasteiger partial charge in [-0.3, -0.25) is 4.79 Å². The lowest BCUT2D eigenvalue weighted by Gasteiger charge is -2.17. The van der Waals surface area contributed by atoms with E-state index >= 15 is 0 Å². The van der Waals surface area contributed by atoms with Crippen LogP contribution in [0.1, 0.15) is 25.5 Å². The molecule has 0 bridgehead atoms. The van der Waals surface area contributed by atoms with E-state index in [4.69, 9.17) is 16.3 Å². The van der Waals surface area contributed by atoms with Crippen LogP contribution in [0.5, 0.6) is 0 Å². The monoisotopic (exact) mass is 253 g/mol. The van der Waals surface area contributed by atoms with Gasteiger partial charge < -0.3 is 9.64 Å². The molecule has 0 aromatic heterocycles. The van der Waals surface area contributed by atoms with Crippen molar-refractivity contribution in [2.75, 3.05) is 13.1 Å². The zero-order chi connectivity index (χ0) is 12.4. The summed E-state index contributed by atoms with van der Waals surface area (Å²) < 4.78 is 5.46. The van der Waals surface area contributed by atoms with Crippen molar-refractivity contribution in [3.8, 4) is 0 Å². The largest absolute Gasteiger partial charge is 0.354 e. The number of carbonyl (C=O) groups excluding carboxylic acids is 1. The third-order valence-electron chi connectivity index (χ3n) is 3.01. The zero-order valence-electron chi connectivity index (χ0n) is 10.0. The molecular formula is C13H16ClNO2. The van der Waals surface area contributed by atoms with Crippen LogP contribution in [0.4, 0.5) is 0 Å². The Morgan fingerprint density at radius 2 is 1.88 bits per heavy atom. The van der Waals surface area contributed by atoms with E-state index in [2.05, 4.69) is 0 Å². The molecule has 0 unspecified atom stereocenters. The first kappa shape index (κ1) is 12.4. The Morgan fingerprint density at radius 1 is 1.29 bits per heavy atom. The fourth-order valence-electron chi connectivity index (χ4n) is 1.92. The van der Waals surface area contributed by atoms with E-state index in [0.29, 0.717) is 5.02 Å². The summed E-state index contributed by atoms with van der Waals surface area (Å²) >= 11 is 5.82. The molecule has 1 heterocycles. The van der Waals surface area contributed by atoms with Gasteiger partial charge in [-0.15, -0.1) is 0 Å². The second-order valence-electron chi connectivity index (χ2n) is 4.04. The average molecular weight is 254 g/mol. The van der Waals surface area contributed by atoms with Gasteiger partial charge in [-0.1, -0.05) is 23.7 Å². The molecule has 92 valence electrons. The maximum atomic E-state index is 12.0. The van der Waals surface area contributed by atoms with Crippen molar-refractivity contribution in [1.82, 2.24) is 4.90 Å². The van der Waals surface area contributed by atoms with Gasteiger partial charge in [0.1, 0.15) is 6.10 Å². The van der Waals surface area contributed by atoms with Gasteiger partial charge in [0, 0.05) is 18.1 Å². The quantitative estimate of drug-likeness (QED) is 0.773. The van der Waals surface area contributed by atoms with Gasteiger partial charge >= 0.3 is 0 Å². The van der Waals surface area contributed by atoms with E-state index in [1.807, 2.05) is 38.1 Å². The summed E-state index contributed by atoms with van der Waals surface area (Å²) in [5, 5.41) is 0.695. The summed E-state index contributed by atoms with van der Waals surface area (Å²) in [4.78, 5) is 13.8. The maximum absolute atomic E-state index is 12.0. The van der Waals surface area contributed by atoms with Crippen molar-refractivity contribution in [1.29, 1.82) is 0 Å². The minimum Gasteiger partial charge on any atom is -0.354 e. The first-order valence-electron chi connectivity index (χ1n) is 5.87. The molecular weight excluding hydrogens is 238 g/mol. The number of amides is 1. The van der Waals surface area contributed by atoms with E-state index in [0.717, 1.165) is 18.7 Å². The number of benzene rings is 1. The van der Waals surface area contributed by atoms with Gasteiger partial charge in [-0.05, 0) is 31.5 Å². The van der Waals surface area contributed by atoms with Crippen LogP contribution in [0.25, 0.3) is 0 Å². The van der Waals surface area contributed by atoms with Crippen LogP contribution >= 0.6 is 11.6 Å². The lowest BCUT2D eigenvalue weighted by atomic mass is 10.1. The third kappa shape index (κ3) is 2.61. The molecule has 0 aliphatic carbocycles. The van der Waals surface area contributed by atoms with Crippen molar-refractivity contribution < 1.29 is 9.53 Å². The molecule has 1 aliphatic rings. The molecule has 4 heteroatoms. The molecule has 0 N–H and O–H groups in total. The normalized spacial score (nSPS) is 22.3. The minimum absolute atomic E-state index is 0.0787. The van der Waals surface area contributed by atoms with Crippen LogP contribution in [-0.4, -0.2) is 30.0 Å². The molecule has 0 radical (unpaired) electrons. The van der Waals surface area contributed by atoms with Crippen LogP contribution in [0.2, 0.25) is 5.02 Å². The second-order valence-corrected chi connectivity index (χ2v) is 4.48. The van der Waals surface area contributed by atoms with Crippen LogP contribution in [0, 0.1) is 0 Å². The molecule has 1 aliphatic heterocycles. The number of hydrogen-bond donors (Lipinski definition) is 0. The minimum atomic E-state index is -0.309. The highest BCUT2D eigenvalue weighted by Gasteiger charge is 2.47. The summed E-state index contributed by atoms with van der Waals surface area (Å²) in [6.45, 7) is 5.40. The number of carbonyl (C=O) groups is 1. The zero-order valence-corrected chi connectivity index (χ0v) is 10.8. The van der Waals surface area contributed by atoms with Gasteiger partial charge in [-0.2, -0.15) is 0 Å². The Kier molecular flexibility index (Phi) is 3.69. The van der Waals surface area contributed by atoms with Crippen molar-refractivity contribution in [2.24, 2.45) is 0 Å². The Balaban J connectivity index is 2.00. The van der Waals surface area contributed by atoms with Gasteiger partial charge in [0.2, 0.25) is 0 Å². The van der Waals surface area contributed by atoms with Gasteiger partial charge in [0.25, 0.3) is 5.91 Å². The van der Waals surface area contributed by atoms with E-state index in [9.17, 15) is 4.79 Å². The number of nitrogens with zero attached hydrogens (tertiary/aromatic N) is 1. The van der Waals surface area contributed by atoms with Crippen LogP contribution in [0.15, 0.2) is 24.3 Å². The van der Waals surface area contributed by atoms with Crippen molar-refractivity contribution in [3.63, 3.8) is 0 Å². The topological polar surface area (TPSA) is 32.8 Å². The predicted molar refractivity (Wildman–Crippen MR) is 67.0 cm³/mol. The Hall–Kier alpha value is -1.06. The van der Waals surface area contributed by atoms with Gasteiger partial charge in [0.05, 0.1) is 0 Å². The molecule has 2 rings (SSSR count). The Morgan fingerprint density at radius 3 is 2.41 bits per heavy atom. The lowest BCUT2D eigenvalue weighted by Crippen LogP contribution is -2.34. The van der Waals surface area contributed by atoms with Crippen LogP contribution < -0.4 is 0 Å². The second kappa shape index (κ2) is 5.07. The van der Waals surface area contributed by atoms with E-state index in [1.54, 1.807) is 4.90 Å². The molecule has 1 saturated heterocycles. The summed E-state index contributed by atoms with van der Waals surface area (Å²) in [6.07, 6.45) is -0.406. The highest BCUT2D eigenvalue weighted by molar-refractivity contribution is 6.30. The van der Waals surface area contributed by atoms with Gasteiger partial charge in [-0.25, -0.2) is 0 Å². The standard InChI is InChI=1S/C13H16ClNO2/c1-3-15(4-2)13(16)12-11(17-12)9-5-7-10(14)8-6-9/h5-8,11-12H,3-4H2,1-2H3/t11-,12-/m0/s1. The molecule has 2 atom stereocenters. The Labute approximate surface area is 106 Å². The molecule has 1 aromatic rings. The number of ether oxygens (including phenoxy) is 1.